The van der Waals surface area contributed by atoms with E-state index in [0.717, 1.165) is 56.9 Å². The van der Waals surface area contributed by atoms with Gasteiger partial charge in [-0.25, -0.2) is 4.68 Å². The molecule has 1 atom stereocenters. The predicted octanol–water partition coefficient (Wildman–Crippen LogP) is 2.06. The summed E-state index contributed by atoms with van der Waals surface area (Å²) >= 11 is 0. The second kappa shape index (κ2) is 10.7. The highest BCUT2D eigenvalue weighted by Gasteiger charge is 2.27. The molecule has 2 fully saturated rings. The first kappa shape index (κ1) is 23.3. The third-order valence-corrected chi connectivity index (χ3v) is 5.38. The van der Waals surface area contributed by atoms with E-state index in [4.69, 9.17) is 4.74 Å². The number of anilines is 1. The maximum absolute atomic E-state index is 12.6. The normalized spacial score (nSPS) is 19.2. The highest BCUT2D eigenvalue weighted by Crippen LogP contribution is 2.30. The van der Waals surface area contributed by atoms with Crippen LogP contribution < -0.4 is 20.3 Å². The lowest BCUT2D eigenvalue weighted by Gasteiger charge is -2.22. The number of ether oxygens (including phenoxy) is 1. The number of halogens is 2. The molecule has 3 heterocycles. The molecule has 29 heavy (non-hydrogen) atoms. The Kier molecular flexibility index (Phi) is 8.55. The smallest absolute Gasteiger partial charge is 0.273 e. The molecule has 2 N–H and O–H groups in total. The SMILES string of the molecule is COc1ccccc1N1CCC(NC(=O)c2cn(C3CCNCC3)nn2)C1.Cl.Cl. The Morgan fingerprint density at radius 2 is 1.97 bits per heavy atom. The lowest BCUT2D eigenvalue weighted by molar-refractivity contribution is 0.0935. The molecule has 0 bridgehead atoms. The van der Waals surface area contributed by atoms with E-state index in [1.807, 2.05) is 28.9 Å². The van der Waals surface area contributed by atoms with Gasteiger partial charge in [0, 0.05) is 19.1 Å². The fourth-order valence-corrected chi connectivity index (χ4v) is 3.88. The summed E-state index contributed by atoms with van der Waals surface area (Å²) in [6, 6.07) is 8.39. The maximum atomic E-state index is 12.6. The van der Waals surface area contributed by atoms with Crippen molar-refractivity contribution in [1.82, 2.24) is 25.6 Å². The Morgan fingerprint density at radius 1 is 1.21 bits per heavy atom. The summed E-state index contributed by atoms with van der Waals surface area (Å²) in [5.74, 6) is 0.705. The van der Waals surface area contributed by atoms with Crippen LogP contribution >= 0.6 is 24.8 Å². The minimum atomic E-state index is -0.151. The monoisotopic (exact) mass is 442 g/mol. The van der Waals surface area contributed by atoms with Gasteiger partial charge in [-0.05, 0) is 44.5 Å². The van der Waals surface area contributed by atoms with E-state index in [2.05, 4.69) is 25.8 Å². The first-order valence-corrected chi connectivity index (χ1v) is 9.56. The number of benzene rings is 1. The van der Waals surface area contributed by atoms with E-state index in [1.54, 1.807) is 13.3 Å². The summed E-state index contributed by atoms with van der Waals surface area (Å²) in [7, 11) is 1.68. The number of rotatable bonds is 5. The summed E-state index contributed by atoms with van der Waals surface area (Å²) < 4.78 is 7.29. The summed E-state index contributed by atoms with van der Waals surface area (Å²) in [5.41, 5.74) is 1.46. The van der Waals surface area contributed by atoms with Gasteiger partial charge in [-0.3, -0.25) is 4.79 Å². The molecule has 1 aromatic heterocycles. The number of piperidine rings is 1. The first-order chi connectivity index (χ1) is 13.2. The van der Waals surface area contributed by atoms with Crippen LogP contribution in [0, 0.1) is 0 Å². The van der Waals surface area contributed by atoms with Gasteiger partial charge in [-0.2, -0.15) is 0 Å². The molecule has 10 heteroatoms. The maximum Gasteiger partial charge on any atom is 0.273 e. The van der Waals surface area contributed by atoms with E-state index in [9.17, 15) is 4.79 Å². The number of aromatic nitrogens is 3. The standard InChI is InChI=1S/C19H26N6O2.2ClH/c1-27-18-5-3-2-4-17(18)24-11-8-14(12-24)21-19(26)16-13-25(23-22-16)15-6-9-20-10-7-15;;/h2-5,13-15,20H,6-12H2,1H3,(H,21,26);2*1H. The molecule has 2 aliphatic rings. The highest BCUT2D eigenvalue weighted by atomic mass is 35.5. The van der Waals surface area contributed by atoms with Gasteiger partial charge in [0.25, 0.3) is 5.91 Å². The molecule has 1 unspecified atom stereocenters. The highest BCUT2D eigenvalue weighted by molar-refractivity contribution is 5.92. The molecule has 2 aromatic rings. The third-order valence-electron chi connectivity index (χ3n) is 5.38. The van der Waals surface area contributed by atoms with Crippen molar-refractivity contribution in [1.29, 1.82) is 0 Å². The van der Waals surface area contributed by atoms with Gasteiger partial charge < -0.3 is 20.3 Å². The number of nitrogens with zero attached hydrogens (tertiary/aromatic N) is 4. The molecule has 0 radical (unpaired) electrons. The van der Waals surface area contributed by atoms with Crippen LogP contribution in [0.2, 0.25) is 0 Å². The molecule has 2 aliphatic heterocycles. The van der Waals surface area contributed by atoms with Crippen LogP contribution in [0.15, 0.2) is 30.5 Å². The van der Waals surface area contributed by atoms with Crippen LogP contribution in [0.1, 0.15) is 35.8 Å². The molecular formula is C19H28Cl2N6O2. The van der Waals surface area contributed by atoms with Crippen molar-refractivity contribution >= 4 is 36.4 Å². The fourth-order valence-electron chi connectivity index (χ4n) is 3.88. The van der Waals surface area contributed by atoms with Crippen molar-refractivity contribution in [2.24, 2.45) is 0 Å². The van der Waals surface area contributed by atoms with Crippen LogP contribution in [0.25, 0.3) is 0 Å². The molecule has 0 aliphatic carbocycles. The fraction of sp³-hybridized carbons (Fsp3) is 0.526. The molecule has 4 rings (SSSR count). The van der Waals surface area contributed by atoms with Crippen LogP contribution in [-0.2, 0) is 0 Å². The van der Waals surface area contributed by atoms with Crippen molar-refractivity contribution < 1.29 is 9.53 Å². The van der Waals surface area contributed by atoms with Crippen molar-refractivity contribution in [3.8, 4) is 5.75 Å². The van der Waals surface area contributed by atoms with Gasteiger partial charge in [0.2, 0.25) is 0 Å². The molecule has 2 saturated heterocycles. The molecular weight excluding hydrogens is 415 g/mol. The van der Waals surface area contributed by atoms with E-state index in [-0.39, 0.29) is 36.8 Å². The molecule has 0 spiro atoms. The van der Waals surface area contributed by atoms with E-state index < -0.39 is 0 Å². The average Bonchev–Trinajstić information content (AvgIpc) is 3.38. The van der Waals surface area contributed by atoms with Gasteiger partial charge in [-0.15, -0.1) is 29.9 Å². The van der Waals surface area contributed by atoms with Crippen LogP contribution in [0.3, 0.4) is 0 Å². The molecule has 160 valence electrons. The lowest BCUT2D eigenvalue weighted by atomic mass is 10.1. The van der Waals surface area contributed by atoms with Crippen molar-refractivity contribution in [3.05, 3.63) is 36.2 Å². The predicted molar refractivity (Wildman–Crippen MR) is 117 cm³/mol. The van der Waals surface area contributed by atoms with Crippen molar-refractivity contribution in [2.45, 2.75) is 31.3 Å². The minimum Gasteiger partial charge on any atom is -0.495 e. The number of methoxy groups -OCH3 is 1. The lowest BCUT2D eigenvalue weighted by Crippen LogP contribution is -2.37. The Balaban J connectivity index is 0.00000150. The first-order valence-electron chi connectivity index (χ1n) is 9.56. The van der Waals surface area contributed by atoms with Gasteiger partial charge in [0.15, 0.2) is 5.69 Å². The Labute approximate surface area is 183 Å². The number of nitrogens with one attached hydrogen (secondary N) is 2. The molecule has 8 nitrogen and oxygen atoms in total. The number of carbonyl (C=O) groups excluding carboxylic acids is 1. The Bertz CT molecular complexity index is 797. The summed E-state index contributed by atoms with van der Waals surface area (Å²) in [4.78, 5) is 14.8. The van der Waals surface area contributed by atoms with Gasteiger partial charge in [-0.1, -0.05) is 17.3 Å². The van der Waals surface area contributed by atoms with Crippen LogP contribution in [0.4, 0.5) is 5.69 Å². The van der Waals surface area contributed by atoms with E-state index in [0.29, 0.717) is 11.7 Å². The quantitative estimate of drug-likeness (QED) is 0.736. The zero-order valence-corrected chi connectivity index (χ0v) is 18.0. The van der Waals surface area contributed by atoms with Crippen LogP contribution in [0.5, 0.6) is 5.75 Å². The summed E-state index contributed by atoms with van der Waals surface area (Å²) in [6.07, 6.45) is 4.70. The van der Waals surface area contributed by atoms with Gasteiger partial charge in [0.1, 0.15) is 5.75 Å². The minimum absolute atomic E-state index is 0. The number of para-hydroxylation sites is 2. The topological polar surface area (TPSA) is 84.3 Å². The third kappa shape index (κ3) is 5.32. The number of hydrogen-bond acceptors (Lipinski definition) is 6. The van der Waals surface area contributed by atoms with Crippen molar-refractivity contribution in [3.63, 3.8) is 0 Å². The zero-order valence-electron chi connectivity index (χ0n) is 16.4. The van der Waals surface area contributed by atoms with Gasteiger partial charge >= 0.3 is 0 Å². The van der Waals surface area contributed by atoms with Crippen molar-refractivity contribution in [2.75, 3.05) is 38.2 Å². The summed E-state index contributed by atoms with van der Waals surface area (Å²) in [6.45, 7) is 3.60. The average molecular weight is 443 g/mol. The van der Waals surface area contributed by atoms with E-state index in [1.165, 1.54) is 0 Å². The second-order valence-corrected chi connectivity index (χ2v) is 7.14. The number of carbonyl (C=O) groups is 1. The number of amides is 1. The van der Waals surface area contributed by atoms with E-state index >= 15 is 0 Å². The largest absolute Gasteiger partial charge is 0.495 e. The zero-order chi connectivity index (χ0) is 18.6. The Morgan fingerprint density at radius 3 is 2.72 bits per heavy atom. The molecule has 0 saturated carbocycles. The van der Waals surface area contributed by atoms with Crippen LogP contribution in [-0.4, -0.2) is 60.2 Å². The summed E-state index contributed by atoms with van der Waals surface area (Å²) in [5, 5.41) is 14.7. The number of hydrogen-bond donors (Lipinski definition) is 2. The molecule has 1 aromatic carbocycles. The van der Waals surface area contributed by atoms with Gasteiger partial charge in [0.05, 0.1) is 25.0 Å². The molecule has 1 amide bonds. The second-order valence-electron chi connectivity index (χ2n) is 7.14. The Hall–Kier alpha value is -2.03.